The number of thiophene rings is 1. The second-order valence-electron chi connectivity index (χ2n) is 8.17. The van der Waals surface area contributed by atoms with E-state index in [-0.39, 0.29) is 6.54 Å². The Labute approximate surface area is 214 Å². The Hall–Kier alpha value is -4.11. The van der Waals surface area contributed by atoms with Crippen LogP contribution in [0.15, 0.2) is 78.8 Å². The van der Waals surface area contributed by atoms with Crippen molar-refractivity contribution in [1.82, 2.24) is 9.99 Å². The number of aromatic nitrogens is 1. The molecule has 37 heavy (non-hydrogen) atoms. The molecule has 0 saturated carbocycles. The third-order valence-corrected chi connectivity index (χ3v) is 6.84. The van der Waals surface area contributed by atoms with E-state index in [2.05, 4.69) is 11.1 Å². The lowest BCUT2D eigenvalue weighted by atomic mass is 9.90. The van der Waals surface area contributed by atoms with Crippen molar-refractivity contribution in [3.8, 4) is 23.1 Å². The van der Waals surface area contributed by atoms with Crippen LogP contribution in [0.1, 0.15) is 16.0 Å². The molecule has 2 aromatic carbocycles. The van der Waals surface area contributed by atoms with Crippen LogP contribution >= 0.6 is 11.3 Å². The highest BCUT2D eigenvalue weighted by Gasteiger charge is 2.57. The lowest BCUT2D eigenvalue weighted by molar-refractivity contribution is -0.250. The zero-order chi connectivity index (χ0) is 26.8. The number of pyridine rings is 1. The van der Waals surface area contributed by atoms with E-state index < -0.39 is 23.0 Å². The van der Waals surface area contributed by atoms with Crippen molar-refractivity contribution in [1.29, 1.82) is 5.26 Å². The molecule has 0 bridgehead atoms. The van der Waals surface area contributed by atoms with E-state index in [1.807, 2.05) is 12.1 Å². The summed E-state index contributed by atoms with van der Waals surface area (Å²) in [5.41, 5.74) is 3.21. The van der Waals surface area contributed by atoms with Crippen molar-refractivity contribution in [2.45, 2.75) is 18.3 Å². The smallest absolute Gasteiger partial charge is 0.427 e. The second-order valence-corrected chi connectivity index (χ2v) is 9.22. The van der Waals surface area contributed by atoms with E-state index in [0.717, 1.165) is 44.6 Å². The summed E-state index contributed by atoms with van der Waals surface area (Å²) >= 11 is 1.28. The lowest BCUT2D eigenvalue weighted by Crippen LogP contribution is -2.47. The maximum Gasteiger partial charge on any atom is 0.427 e. The molecule has 2 aromatic heterocycles. The summed E-state index contributed by atoms with van der Waals surface area (Å²) in [6.45, 7) is -0.00141. The standard InChI is InChI=1S/C26H22F3N5O2S/c1-36-23-10-8-17(13-33-23)24-19-9-7-16(11-20(19)37-21(24)12-30)14-34(32)15-22(31)25(35,26(27,28)29)18-5-3-2-4-6-18/h2-11,13,15,35H,14,31-32H2,1H3/b22-15-. The van der Waals surface area contributed by atoms with Crippen molar-refractivity contribution in [3.63, 3.8) is 0 Å². The van der Waals surface area contributed by atoms with Gasteiger partial charge >= 0.3 is 6.18 Å². The maximum atomic E-state index is 13.9. The predicted octanol–water partition coefficient (Wildman–Crippen LogP) is 4.77. The van der Waals surface area contributed by atoms with Crippen LogP contribution in [0.5, 0.6) is 5.88 Å². The van der Waals surface area contributed by atoms with Gasteiger partial charge in [-0.05, 0) is 23.3 Å². The molecular formula is C26H22F3N5O2S. The Kier molecular flexibility index (Phi) is 7.09. The molecule has 0 spiro atoms. The molecule has 0 saturated heterocycles. The van der Waals surface area contributed by atoms with Crippen LogP contribution in [0.4, 0.5) is 13.2 Å². The van der Waals surface area contributed by atoms with Crippen molar-refractivity contribution in [2.75, 3.05) is 7.11 Å². The normalized spacial score (nSPS) is 13.7. The number of ether oxygens (including phenoxy) is 1. The van der Waals surface area contributed by atoms with Gasteiger partial charge in [0.2, 0.25) is 11.5 Å². The molecule has 0 amide bonds. The van der Waals surface area contributed by atoms with E-state index >= 15 is 0 Å². The van der Waals surface area contributed by atoms with Crippen LogP contribution in [0.25, 0.3) is 21.2 Å². The fourth-order valence-corrected chi connectivity index (χ4v) is 5.04. The summed E-state index contributed by atoms with van der Waals surface area (Å²) < 4.78 is 47.5. The average molecular weight is 526 g/mol. The highest BCUT2D eigenvalue weighted by Crippen LogP contribution is 2.43. The Morgan fingerprint density at radius 3 is 2.51 bits per heavy atom. The summed E-state index contributed by atoms with van der Waals surface area (Å²) in [5.74, 6) is 6.43. The fourth-order valence-electron chi connectivity index (χ4n) is 3.96. The SMILES string of the molecule is COc1ccc(-c2c(C#N)sc3cc(CN(N)/C=C(\N)C(O)(c4ccccc4)C(F)(F)F)ccc23)cn1. The van der Waals surface area contributed by atoms with Crippen LogP contribution in [0.2, 0.25) is 0 Å². The van der Waals surface area contributed by atoms with Crippen LogP contribution < -0.4 is 16.3 Å². The van der Waals surface area contributed by atoms with Gasteiger partial charge in [0.05, 0.1) is 19.4 Å². The van der Waals surface area contributed by atoms with Gasteiger partial charge in [0.25, 0.3) is 0 Å². The number of methoxy groups -OCH3 is 1. The summed E-state index contributed by atoms with van der Waals surface area (Å²) in [6.07, 6.45) is -2.58. The topological polar surface area (TPSA) is 121 Å². The van der Waals surface area contributed by atoms with Gasteiger partial charge in [-0.25, -0.2) is 10.8 Å². The Morgan fingerprint density at radius 2 is 1.92 bits per heavy atom. The highest BCUT2D eigenvalue weighted by molar-refractivity contribution is 7.20. The third-order valence-electron chi connectivity index (χ3n) is 5.78. The molecule has 7 nitrogen and oxygen atoms in total. The Bertz CT molecular complexity index is 1480. The largest absolute Gasteiger partial charge is 0.481 e. The fraction of sp³-hybridized carbons (Fsp3) is 0.154. The molecule has 0 aliphatic heterocycles. The average Bonchev–Trinajstić information content (AvgIpc) is 3.25. The number of hydrogen-bond donors (Lipinski definition) is 3. The summed E-state index contributed by atoms with van der Waals surface area (Å²) in [7, 11) is 1.51. The molecule has 0 aliphatic carbocycles. The van der Waals surface area contributed by atoms with Crippen molar-refractivity contribution >= 4 is 21.4 Å². The number of hydrogen-bond acceptors (Lipinski definition) is 8. The number of benzene rings is 2. The van der Waals surface area contributed by atoms with Gasteiger partial charge < -0.3 is 20.6 Å². The van der Waals surface area contributed by atoms with E-state index in [4.69, 9.17) is 16.3 Å². The molecule has 5 N–H and O–H groups in total. The molecular weight excluding hydrogens is 503 g/mol. The maximum absolute atomic E-state index is 13.9. The number of alkyl halides is 3. The first-order valence-electron chi connectivity index (χ1n) is 10.9. The third kappa shape index (κ3) is 4.95. The molecule has 0 radical (unpaired) electrons. The zero-order valence-electron chi connectivity index (χ0n) is 19.5. The molecule has 4 rings (SSSR count). The van der Waals surface area contributed by atoms with Gasteiger partial charge in [0.15, 0.2) is 0 Å². The van der Waals surface area contributed by atoms with Gasteiger partial charge in [0.1, 0.15) is 10.9 Å². The summed E-state index contributed by atoms with van der Waals surface area (Å²) in [6, 6.07) is 17.7. The van der Waals surface area contributed by atoms with Crippen LogP contribution in [0.3, 0.4) is 0 Å². The van der Waals surface area contributed by atoms with Gasteiger partial charge in [-0.1, -0.05) is 42.5 Å². The van der Waals surface area contributed by atoms with Gasteiger partial charge in [0, 0.05) is 39.7 Å². The van der Waals surface area contributed by atoms with Crippen LogP contribution in [-0.4, -0.2) is 28.4 Å². The molecule has 4 aromatic rings. The number of aliphatic hydroxyl groups is 1. The molecule has 2 heterocycles. The number of nitriles is 1. The first-order chi connectivity index (χ1) is 17.6. The predicted molar refractivity (Wildman–Crippen MR) is 135 cm³/mol. The Morgan fingerprint density at radius 1 is 1.19 bits per heavy atom. The van der Waals surface area contributed by atoms with Crippen LogP contribution in [0, 0.1) is 11.3 Å². The summed E-state index contributed by atoms with van der Waals surface area (Å²) in [4.78, 5) is 4.70. The first kappa shape index (κ1) is 26.0. The Balaban J connectivity index is 1.64. The van der Waals surface area contributed by atoms with E-state index in [0.29, 0.717) is 16.3 Å². The van der Waals surface area contributed by atoms with Crippen molar-refractivity contribution < 1.29 is 23.0 Å². The molecule has 1 atom stereocenters. The second kappa shape index (κ2) is 10.1. The number of fused-ring (bicyclic) bond motifs is 1. The number of nitrogens with two attached hydrogens (primary N) is 2. The molecule has 1 unspecified atom stereocenters. The number of rotatable bonds is 7. The zero-order valence-corrected chi connectivity index (χ0v) is 20.3. The van der Waals surface area contributed by atoms with Gasteiger partial charge in [-0.2, -0.15) is 18.4 Å². The molecule has 11 heteroatoms. The van der Waals surface area contributed by atoms with E-state index in [9.17, 15) is 23.5 Å². The quantitative estimate of drug-likeness (QED) is 0.235. The van der Waals surface area contributed by atoms with Gasteiger partial charge in [-0.3, -0.25) is 0 Å². The van der Waals surface area contributed by atoms with Crippen molar-refractivity contribution in [2.24, 2.45) is 11.6 Å². The summed E-state index contributed by atoms with van der Waals surface area (Å²) in [5, 5.41) is 22.1. The first-order valence-corrected chi connectivity index (χ1v) is 11.7. The minimum atomic E-state index is -5.08. The number of nitrogens with zero attached hydrogens (tertiary/aromatic N) is 3. The van der Waals surface area contributed by atoms with E-state index in [1.54, 1.807) is 24.4 Å². The molecule has 0 fully saturated rings. The molecule has 190 valence electrons. The molecule has 0 aliphatic rings. The monoisotopic (exact) mass is 525 g/mol. The minimum absolute atomic E-state index is 0.00141. The minimum Gasteiger partial charge on any atom is -0.481 e. The number of hydrazine groups is 1. The van der Waals surface area contributed by atoms with E-state index in [1.165, 1.54) is 36.6 Å². The number of halogens is 3. The van der Waals surface area contributed by atoms with Gasteiger partial charge in [-0.15, -0.1) is 11.3 Å². The van der Waals surface area contributed by atoms with Crippen LogP contribution in [-0.2, 0) is 12.1 Å². The lowest BCUT2D eigenvalue weighted by Gasteiger charge is -2.32. The highest BCUT2D eigenvalue weighted by atomic mass is 32.1. The van der Waals surface area contributed by atoms with Crippen molar-refractivity contribution in [3.05, 3.63) is 94.8 Å².